The standard InChI is InChI=1S/C10H12BrClO3S/c1-16(14,15)5-4-10(13)7-2-3-8(11)9(12)6-7/h2-3,6,10,13H,4-5H2,1H3. The van der Waals surface area contributed by atoms with Crippen molar-refractivity contribution in [2.24, 2.45) is 0 Å². The lowest BCUT2D eigenvalue weighted by molar-refractivity contribution is 0.174. The largest absolute Gasteiger partial charge is 0.388 e. The monoisotopic (exact) mass is 326 g/mol. The predicted molar refractivity (Wildman–Crippen MR) is 68.4 cm³/mol. The molecule has 16 heavy (non-hydrogen) atoms. The van der Waals surface area contributed by atoms with E-state index in [0.29, 0.717) is 10.6 Å². The molecule has 1 N–H and O–H groups in total. The van der Waals surface area contributed by atoms with Crippen LogP contribution in [0.25, 0.3) is 0 Å². The first-order chi connectivity index (χ1) is 7.29. The first-order valence-electron chi connectivity index (χ1n) is 4.60. The Labute approximate surface area is 108 Å². The van der Waals surface area contributed by atoms with E-state index in [1.807, 2.05) is 0 Å². The molecule has 1 rings (SSSR count). The Morgan fingerprint density at radius 3 is 2.62 bits per heavy atom. The molecule has 1 atom stereocenters. The van der Waals surface area contributed by atoms with Crippen LogP contribution in [0, 0.1) is 0 Å². The third kappa shape index (κ3) is 4.41. The fourth-order valence-corrected chi connectivity index (χ4v) is 2.30. The van der Waals surface area contributed by atoms with Gasteiger partial charge in [0.25, 0.3) is 0 Å². The normalized spacial score (nSPS) is 13.8. The fourth-order valence-electron chi connectivity index (χ4n) is 1.21. The SMILES string of the molecule is CS(=O)(=O)CCC(O)c1ccc(Br)c(Cl)c1. The highest BCUT2D eigenvalue weighted by atomic mass is 79.9. The Balaban J connectivity index is 2.73. The third-order valence-electron chi connectivity index (χ3n) is 2.09. The van der Waals surface area contributed by atoms with Crippen LogP contribution in [0.2, 0.25) is 5.02 Å². The van der Waals surface area contributed by atoms with Gasteiger partial charge >= 0.3 is 0 Å². The van der Waals surface area contributed by atoms with Gasteiger partial charge in [0.15, 0.2) is 0 Å². The van der Waals surface area contributed by atoms with E-state index in [1.54, 1.807) is 18.2 Å². The van der Waals surface area contributed by atoms with Gasteiger partial charge in [-0.2, -0.15) is 0 Å². The van der Waals surface area contributed by atoms with E-state index >= 15 is 0 Å². The summed E-state index contributed by atoms with van der Waals surface area (Å²) in [5.74, 6) is -0.0398. The minimum absolute atomic E-state index is 0.0398. The minimum atomic E-state index is -3.05. The Morgan fingerprint density at radius 2 is 2.12 bits per heavy atom. The van der Waals surface area contributed by atoms with Crippen LogP contribution in [0.3, 0.4) is 0 Å². The van der Waals surface area contributed by atoms with Crippen molar-refractivity contribution < 1.29 is 13.5 Å². The van der Waals surface area contributed by atoms with Crippen molar-refractivity contribution in [3.63, 3.8) is 0 Å². The summed E-state index contributed by atoms with van der Waals surface area (Å²) in [6.07, 6.45) is 0.519. The van der Waals surface area contributed by atoms with Crippen LogP contribution >= 0.6 is 27.5 Å². The Bertz CT molecular complexity index is 473. The lowest BCUT2D eigenvalue weighted by atomic mass is 10.1. The van der Waals surface area contributed by atoms with Gasteiger partial charge in [-0.3, -0.25) is 0 Å². The van der Waals surface area contributed by atoms with Crippen LogP contribution in [0.1, 0.15) is 18.1 Å². The number of halogens is 2. The van der Waals surface area contributed by atoms with E-state index in [-0.39, 0.29) is 12.2 Å². The topological polar surface area (TPSA) is 54.4 Å². The molecule has 3 nitrogen and oxygen atoms in total. The van der Waals surface area contributed by atoms with Crippen molar-refractivity contribution in [2.75, 3.05) is 12.0 Å². The summed E-state index contributed by atoms with van der Waals surface area (Å²) in [7, 11) is -3.05. The zero-order valence-electron chi connectivity index (χ0n) is 8.65. The number of hydrogen-bond donors (Lipinski definition) is 1. The summed E-state index contributed by atoms with van der Waals surface area (Å²) in [5.41, 5.74) is 0.622. The molecule has 6 heteroatoms. The van der Waals surface area contributed by atoms with Gasteiger partial charge in [-0.1, -0.05) is 17.7 Å². The number of benzene rings is 1. The van der Waals surface area contributed by atoms with Gasteiger partial charge in [0, 0.05) is 10.7 Å². The summed E-state index contributed by atoms with van der Waals surface area (Å²) in [4.78, 5) is 0. The molecular formula is C10H12BrClO3S. The van der Waals surface area contributed by atoms with E-state index in [0.717, 1.165) is 10.7 Å². The van der Waals surface area contributed by atoms with Gasteiger partial charge in [-0.25, -0.2) is 8.42 Å². The number of sulfone groups is 1. The zero-order valence-corrected chi connectivity index (χ0v) is 11.8. The molecule has 0 saturated heterocycles. The molecule has 0 fully saturated rings. The molecule has 0 aliphatic heterocycles. The lowest BCUT2D eigenvalue weighted by Gasteiger charge is -2.11. The van der Waals surface area contributed by atoms with Crippen LogP contribution in [0.5, 0.6) is 0 Å². The number of hydrogen-bond acceptors (Lipinski definition) is 3. The summed E-state index contributed by atoms with van der Waals surface area (Å²) in [6.45, 7) is 0. The molecule has 1 unspecified atom stereocenters. The lowest BCUT2D eigenvalue weighted by Crippen LogP contribution is -2.08. The molecule has 0 spiro atoms. The maximum atomic E-state index is 10.9. The molecule has 90 valence electrons. The second-order valence-corrected chi connectivity index (χ2v) is 7.13. The van der Waals surface area contributed by atoms with E-state index in [1.165, 1.54) is 0 Å². The summed E-state index contributed by atoms with van der Waals surface area (Å²) in [5, 5.41) is 10.3. The second kappa shape index (κ2) is 5.49. The quantitative estimate of drug-likeness (QED) is 0.924. The molecule has 0 saturated carbocycles. The molecule has 0 aliphatic carbocycles. The van der Waals surface area contributed by atoms with Crippen LogP contribution in [0.15, 0.2) is 22.7 Å². The van der Waals surface area contributed by atoms with Crippen molar-refractivity contribution in [1.82, 2.24) is 0 Å². The predicted octanol–water partition coefficient (Wildman–Crippen LogP) is 2.57. The molecular weight excluding hydrogens is 316 g/mol. The first kappa shape index (κ1) is 14.0. The fraction of sp³-hybridized carbons (Fsp3) is 0.400. The summed E-state index contributed by atoms with van der Waals surface area (Å²) in [6, 6.07) is 5.06. The van der Waals surface area contributed by atoms with Gasteiger partial charge in [0.1, 0.15) is 9.84 Å². The highest BCUT2D eigenvalue weighted by Crippen LogP contribution is 2.27. The molecule has 0 bridgehead atoms. The minimum Gasteiger partial charge on any atom is -0.388 e. The Morgan fingerprint density at radius 1 is 1.50 bits per heavy atom. The van der Waals surface area contributed by atoms with Gasteiger partial charge in [0.05, 0.1) is 16.9 Å². The van der Waals surface area contributed by atoms with Gasteiger partial charge in [-0.15, -0.1) is 0 Å². The second-order valence-electron chi connectivity index (χ2n) is 3.61. The highest BCUT2D eigenvalue weighted by Gasteiger charge is 2.12. The van der Waals surface area contributed by atoms with Crippen molar-refractivity contribution in [3.05, 3.63) is 33.3 Å². The van der Waals surface area contributed by atoms with Gasteiger partial charge in [-0.05, 0) is 40.0 Å². The molecule has 0 amide bonds. The van der Waals surface area contributed by atoms with Crippen molar-refractivity contribution in [1.29, 1.82) is 0 Å². The summed E-state index contributed by atoms with van der Waals surface area (Å²) < 4.78 is 22.6. The van der Waals surface area contributed by atoms with Crippen LogP contribution in [-0.2, 0) is 9.84 Å². The molecule has 0 aromatic heterocycles. The van der Waals surface area contributed by atoms with E-state index in [4.69, 9.17) is 11.6 Å². The average molecular weight is 328 g/mol. The maximum Gasteiger partial charge on any atom is 0.147 e. The first-order valence-corrected chi connectivity index (χ1v) is 7.83. The van der Waals surface area contributed by atoms with E-state index in [9.17, 15) is 13.5 Å². The Kier molecular flexibility index (Phi) is 4.79. The number of rotatable bonds is 4. The third-order valence-corrected chi connectivity index (χ3v) is 4.30. The van der Waals surface area contributed by atoms with Crippen LogP contribution in [-0.4, -0.2) is 25.5 Å². The molecule has 0 heterocycles. The Hall–Kier alpha value is -0.100. The molecule has 0 radical (unpaired) electrons. The smallest absolute Gasteiger partial charge is 0.147 e. The van der Waals surface area contributed by atoms with Gasteiger partial charge in [0.2, 0.25) is 0 Å². The van der Waals surface area contributed by atoms with Gasteiger partial charge < -0.3 is 5.11 Å². The van der Waals surface area contributed by atoms with Crippen LogP contribution < -0.4 is 0 Å². The number of aliphatic hydroxyl groups excluding tert-OH is 1. The average Bonchev–Trinajstić information content (AvgIpc) is 2.17. The molecule has 1 aromatic carbocycles. The van der Waals surface area contributed by atoms with E-state index < -0.39 is 15.9 Å². The van der Waals surface area contributed by atoms with Crippen molar-refractivity contribution in [3.8, 4) is 0 Å². The highest BCUT2D eigenvalue weighted by molar-refractivity contribution is 9.10. The van der Waals surface area contributed by atoms with Crippen LogP contribution in [0.4, 0.5) is 0 Å². The van der Waals surface area contributed by atoms with E-state index in [2.05, 4.69) is 15.9 Å². The maximum absolute atomic E-state index is 10.9. The number of aliphatic hydroxyl groups is 1. The van der Waals surface area contributed by atoms with Crippen molar-refractivity contribution >= 4 is 37.4 Å². The molecule has 0 aliphatic rings. The molecule has 1 aromatic rings. The van der Waals surface area contributed by atoms with Crippen molar-refractivity contribution in [2.45, 2.75) is 12.5 Å². The summed E-state index contributed by atoms with van der Waals surface area (Å²) >= 11 is 9.11. The zero-order chi connectivity index (χ0) is 12.3.